The molecule has 1 aliphatic heterocycles. The van der Waals surface area contributed by atoms with E-state index in [4.69, 9.17) is 11.5 Å². The number of guanidine groups is 1. The average Bonchev–Trinajstić information content (AvgIpc) is 3.33. The number of nitrogens with zero attached hydrogens (tertiary/aromatic N) is 4. The summed E-state index contributed by atoms with van der Waals surface area (Å²) < 4.78 is 0. The molecule has 0 saturated carbocycles. The van der Waals surface area contributed by atoms with E-state index in [1.807, 2.05) is 13.8 Å². The maximum atomic E-state index is 13.5. The number of nitro groups is 1. The Kier molecular flexibility index (Phi) is 10.9. The molecule has 198 valence electrons. The van der Waals surface area contributed by atoms with Crippen LogP contribution in [0.3, 0.4) is 0 Å². The summed E-state index contributed by atoms with van der Waals surface area (Å²) in [6.07, 6.45) is 2.50. The zero-order chi connectivity index (χ0) is 26.7. The van der Waals surface area contributed by atoms with Crippen molar-refractivity contribution in [2.24, 2.45) is 22.4 Å². The van der Waals surface area contributed by atoms with Gasteiger partial charge < -0.3 is 21.7 Å². The van der Waals surface area contributed by atoms with Crippen LogP contribution in [0.25, 0.3) is 0 Å². The summed E-state index contributed by atoms with van der Waals surface area (Å²) in [5, 5.41) is 14.4. The number of unbranched alkanes of at least 4 members (excludes halogenated alkanes) is 1. The van der Waals surface area contributed by atoms with E-state index in [0.717, 1.165) is 0 Å². The standard InChI is InChI=1S/C23H36N8O5/c1-16(2)15-19(30(31(35)36)28-20(32)17-9-4-3-5-10-17)22(34)29-14-8-11-18(29)21(33)26-12-6-7-13-27-23(24)25/h3-5,9-10,16,18-19H,6-8,11-15H2,1-2H3,(H,26,33)(H,28,32)(H4,24,25,27)/t18-,19-/m0/s1. The lowest BCUT2D eigenvalue weighted by Crippen LogP contribution is -2.60. The fourth-order valence-electron chi connectivity index (χ4n) is 4.01. The minimum Gasteiger partial charge on any atom is -0.370 e. The number of nitrogens with two attached hydrogens (primary N) is 2. The van der Waals surface area contributed by atoms with Gasteiger partial charge in [0.25, 0.3) is 11.8 Å². The summed E-state index contributed by atoms with van der Waals surface area (Å²) in [4.78, 5) is 56.2. The molecule has 2 rings (SSSR count). The Morgan fingerprint density at radius 3 is 2.53 bits per heavy atom. The van der Waals surface area contributed by atoms with E-state index < -0.39 is 28.9 Å². The molecule has 13 heteroatoms. The molecule has 1 aromatic carbocycles. The monoisotopic (exact) mass is 504 g/mol. The molecular formula is C23H36N8O5. The van der Waals surface area contributed by atoms with Gasteiger partial charge in [-0.25, -0.2) is 15.5 Å². The van der Waals surface area contributed by atoms with Crippen LogP contribution in [-0.2, 0) is 9.59 Å². The van der Waals surface area contributed by atoms with Gasteiger partial charge in [0.1, 0.15) is 6.04 Å². The third kappa shape index (κ3) is 8.40. The first kappa shape index (κ1) is 28.3. The number of likely N-dealkylation sites (tertiary alicyclic amines) is 1. The van der Waals surface area contributed by atoms with Crippen LogP contribution in [0, 0.1) is 16.0 Å². The Balaban J connectivity index is 2.10. The molecule has 1 heterocycles. The molecule has 0 unspecified atom stereocenters. The number of hydrazine groups is 2. The van der Waals surface area contributed by atoms with E-state index in [1.165, 1.54) is 17.0 Å². The molecule has 1 fully saturated rings. The second kappa shape index (κ2) is 13.9. The molecule has 0 radical (unpaired) electrons. The van der Waals surface area contributed by atoms with Crippen molar-refractivity contribution in [2.45, 2.75) is 58.0 Å². The SMILES string of the molecule is CC(C)C[C@@H](C(=O)N1CCC[C@H]1C(=O)NCCCCN=C(N)N)N(NC(=O)c1ccccc1)[N+](=O)[O-]. The predicted octanol–water partition coefficient (Wildman–Crippen LogP) is 0.401. The molecule has 1 aliphatic rings. The number of carbonyl (C=O) groups is 3. The normalized spacial score (nSPS) is 15.8. The van der Waals surface area contributed by atoms with E-state index in [9.17, 15) is 24.5 Å². The van der Waals surface area contributed by atoms with Gasteiger partial charge in [0.2, 0.25) is 5.91 Å². The molecule has 0 aliphatic carbocycles. The molecule has 6 N–H and O–H groups in total. The van der Waals surface area contributed by atoms with Gasteiger partial charge in [0.15, 0.2) is 17.0 Å². The minimum atomic E-state index is -1.28. The number of amides is 3. The lowest BCUT2D eigenvalue weighted by atomic mass is 10.0. The summed E-state index contributed by atoms with van der Waals surface area (Å²) in [5.74, 6) is -1.66. The zero-order valence-corrected chi connectivity index (χ0v) is 20.8. The Morgan fingerprint density at radius 1 is 1.22 bits per heavy atom. The van der Waals surface area contributed by atoms with Crippen LogP contribution in [0.4, 0.5) is 0 Å². The second-order valence-electron chi connectivity index (χ2n) is 9.03. The van der Waals surface area contributed by atoms with E-state index >= 15 is 0 Å². The highest BCUT2D eigenvalue weighted by molar-refractivity contribution is 5.94. The topological polar surface area (TPSA) is 189 Å². The molecule has 0 bridgehead atoms. The third-order valence-electron chi connectivity index (χ3n) is 5.72. The maximum Gasteiger partial charge on any atom is 0.274 e. The molecule has 0 spiro atoms. The van der Waals surface area contributed by atoms with Crippen LogP contribution in [-0.4, -0.2) is 70.4 Å². The quantitative estimate of drug-likeness (QED) is 0.0975. The van der Waals surface area contributed by atoms with Gasteiger partial charge in [-0.3, -0.25) is 19.4 Å². The largest absolute Gasteiger partial charge is 0.370 e. The number of hydrogen-bond acceptors (Lipinski definition) is 6. The first-order chi connectivity index (χ1) is 17.1. The molecule has 1 saturated heterocycles. The fraction of sp³-hybridized carbons (Fsp3) is 0.565. The first-order valence-electron chi connectivity index (χ1n) is 12.0. The number of carbonyl (C=O) groups excluding carboxylic acids is 3. The highest BCUT2D eigenvalue weighted by atomic mass is 16.7. The fourth-order valence-corrected chi connectivity index (χ4v) is 4.01. The summed E-state index contributed by atoms with van der Waals surface area (Å²) >= 11 is 0. The van der Waals surface area contributed by atoms with E-state index in [-0.39, 0.29) is 29.8 Å². The van der Waals surface area contributed by atoms with E-state index in [1.54, 1.807) is 18.2 Å². The Bertz CT molecular complexity index is 936. The van der Waals surface area contributed by atoms with Crippen LogP contribution in [0.2, 0.25) is 0 Å². The lowest BCUT2D eigenvalue weighted by molar-refractivity contribution is -0.672. The van der Waals surface area contributed by atoms with Crippen molar-refractivity contribution in [3.8, 4) is 0 Å². The van der Waals surface area contributed by atoms with Gasteiger partial charge in [0, 0.05) is 25.2 Å². The number of rotatable bonds is 13. The highest BCUT2D eigenvalue weighted by Gasteiger charge is 2.43. The highest BCUT2D eigenvalue weighted by Crippen LogP contribution is 2.22. The second-order valence-corrected chi connectivity index (χ2v) is 9.03. The van der Waals surface area contributed by atoms with Crippen molar-refractivity contribution >= 4 is 23.7 Å². The van der Waals surface area contributed by atoms with Crippen molar-refractivity contribution in [2.75, 3.05) is 19.6 Å². The van der Waals surface area contributed by atoms with Gasteiger partial charge in [-0.2, -0.15) is 0 Å². The molecule has 3 amide bonds. The van der Waals surface area contributed by atoms with Crippen molar-refractivity contribution < 1.29 is 19.4 Å². The molecule has 1 aromatic rings. The lowest BCUT2D eigenvalue weighted by Gasteiger charge is -2.31. The van der Waals surface area contributed by atoms with E-state index in [0.29, 0.717) is 50.4 Å². The van der Waals surface area contributed by atoms with Gasteiger partial charge in [-0.1, -0.05) is 32.0 Å². The van der Waals surface area contributed by atoms with Gasteiger partial charge in [-0.15, -0.1) is 0 Å². The van der Waals surface area contributed by atoms with Gasteiger partial charge in [0.05, 0.1) is 0 Å². The van der Waals surface area contributed by atoms with Crippen molar-refractivity contribution in [1.29, 1.82) is 0 Å². The summed E-state index contributed by atoms with van der Waals surface area (Å²) in [5.41, 5.74) is 13.1. The average molecular weight is 505 g/mol. The van der Waals surface area contributed by atoms with Crippen LogP contribution in [0.15, 0.2) is 35.3 Å². The molecule has 36 heavy (non-hydrogen) atoms. The number of benzene rings is 1. The zero-order valence-electron chi connectivity index (χ0n) is 20.8. The Morgan fingerprint density at radius 2 is 1.92 bits per heavy atom. The number of nitrogens with one attached hydrogen (secondary N) is 2. The Hall–Kier alpha value is -3.90. The Labute approximate surface area is 210 Å². The number of aliphatic imine (C=N–C) groups is 1. The van der Waals surface area contributed by atoms with Crippen molar-refractivity contribution in [3.63, 3.8) is 0 Å². The van der Waals surface area contributed by atoms with Crippen LogP contribution < -0.4 is 22.2 Å². The molecule has 2 atom stereocenters. The number of hydrogen-bond donors (Lipinski definition) is 4. The van der Waals surface area contributed by atoms with Gasteiger partial charge >= 0.3 is 0 Å². The first-order valence-corrected chi connectivity index (χ1v) is 12.0. The maximum absolute atomic E-state index is 13.5. The van der Waals surface area contributed by atoms with Crippen molar-refractivity contribution in [1.82, 2.24) is 20.8 Å². The van der Waals surface area contributed by atoms with Crippen LogP contribution >= 0.6 is 0 Å². The van der Waals surface area contributed by atoms with Crippen LogP contribution in [0.1, 0.15) is 56.3 Å². The van der Waals surface area contributed by atoms with Crippen LogP contribution in [0.5, 0.6) is 0 Å². The van der Waals surface area contributed by atoms with Gasteiger partial charge in [-0.05, 0) is 55.3 Å². The summed E-state index contributed by atoms with van der Waals surface area (Å²) in [6, 6.07) is 6.02. The van der Waals surface area contributed by atoms with Crippen molar-refractivity contribution in [3.05, 3.63) is 46.0 Å². The smallest absolute Gasteiger partial charge is 0.274 e. The molecular weight excluding hydrogens is 468 g/mol. The third-order valence-corrected chi connectivity index (χ3v) is 5.72. The molecule has 0 aromatic heterocycles. The summed E-state index contributed by atoms with van der Waals surface area (Å²) in [6.45, 7) is 4.80. The molecule has 13 nitrogen and oxygen atoms in total. The predicted molar refractivity (Wildman–Crippen MR) is 134 cm³/mol. The van der Waals surface area contributed by atoms with E-state index in [2.05, 4.69) is 15.7 Å². The minimum absolute atomic E-state index is 0.0128. The summed E-state index contributed by atoms with van der Waals surface area (Å²) in [7, 11) is 0.